The van der Waals surface area contributed by atoms with E-state index in [1.54, 1.807) is 0 Å². The fraction of sp³-hybridized carbons (Fsp3) is 1.00. The minimum atomic E-state index is 0.0874. The van der Waals surface area contributed by atoms with Gasteiger partial charge in [0.25, 0.3) is 0 Å². The van der Waals surface area contributed by atoms with E-state index in [1.165, 1.54) is 0 Å². The van der Waals surface area contributed by atoms with Crippen LogP contribution in [0.15, 0.2) is 0 Å². The van der Waals surface area contributed by atoms with Crippen LogP contribution in [0.4, 0.5) is 0 Å². The normalized spacial score (nSPS) is 37.7. The summed E-state index contributed by atoms with van der Waals surface area (Å²) in [5.41, 5.74) is 12.9. The molecule has 0 aromatic carbocycles. The molecule has 4 atom stereocenters. The van der Waals surface area contributed by atoms with Crippen molar-refractivity contribution >= 4 is 11.8 Å². The van der Waals surface area contributed by atoms with E-state index in [2.05, 4.69) is 15.1 Å². The van der Waals surface area contributed by atoms with Gasteiger partial charge in [0.2, 0.25) is 0 Å². The molecule has 0 bridgehead atoms. The van der Waals surface area contributed by atoms with E-state index in [0.717, 1.165) is 65.4 Å². The lowest BCUT2D eigenvalue weighted by Crippen LogP contribution is -2.54. The van der Waals surface area contributed by atoms with Crippen LogP contribution < -0.4 is 16.8 Å². The van der Waals surface area contributed by atoms with Gasteiger partial charge in [-0.2, -0.15) is 0 Å². The SMILES string of the molecule is NC1SC(CN2CCNCC2)CC1C(N)N1CCOCC1. The smallest absolute Gasteiger partial charge is 0.0626 e. The molecule has 6 nitrogen and oxygen atoms in total. The van der Waals surface area contributed by atoms with E-state index >= 15 is 0 Å². The molecule has 3 aliphatic rings. The molecule has 0 aromatic rings. The van der Waals surface area contributed by atoms with E-state index in [-0.39, 0.29) is 11.5 Å². The largest absolute Gasteiger partial charge is 0.379 e. The van der Waals surface area contributed by atoms with E-state index in [9.17, 15) is 0 Å². The van der Waals surface area contributed by atoms with Gasteiger partial charge in [0.15, 0.2) is 0 Å². The first-order chi connectivity index (χ1) is 10.2. The number of piperazine rings is 1. The standard InChI is InChI=1S/C14H29N5OS/c15-13(19-5-7-20-8-6-19)12-9-11(21-14(12)16)10-18-3-1-17-2-4-18/h11-14,17H,1-10,15-16H2. The van der Waals surface area contributed by atoms with Gasteiger partial charge in [0.05, 0.1) is 24.8 Å². The first kappa shape index (κ1) is 16.0. The van der Waals surface area contributed by atoms with Gasteiger partial charge in [-0.15, -0.1) is 11.8 Å². The van der Waals surface area contributed by atoms with Gasteiger partial charge in [-0.05, 0) is 6.42 Å². The average molecular weight is 315 g/mol. The molecule has 0 aromatic heterocycles. The molecule has 21 heavy (non-hydrogen) atoms. The third-order valence-corrected chi connectivity index (χ3v) is 6.27. The Hall–Kier alpha value is 0.110. The predicted molar refractivity (Wildman–Crippen MR) is 87.1 cm³/mol. The van der Waals surface area contributed by atoms with E-state index in [4.69, 9.17) is 16.2 Å². The first-order valence-electron chi connectivity index (χ1n) is 8.15. The van der Waals surface area contributed by atoms with Gasteiger partial charge >= 0.3 is 0 Å². The third-order valence-electron chi connectivity index (χ3n) is 4.88. The summed E-state index contributed by atoms with van der Waals surface area (Å²) >= 11 is 1.94. The molecule has 3 heterocycles. The number of thioether (sulfide) groups is 1. The Morgan fingerprint density at radius 2 is 1.90 bits per heavy atom. The van der Waals surface area contributed by atoms with Gasteiger partial charge < -0.3 is 21.5 Å². The van der Waals surface area contributed by atoms with E-state index < -0.39 is 0 Å². The van der Waals surface area contributed by atoms with E-state index in [1.807, 2.05) is 11.8 Å². The molecule has 5 N–H and O–H groups in total. The first-order valence-corrected chi connectivity index (χ1v) is 9.10. The predicted octanol–water partition coefficient (Wildman–Crippen LogP) is -1.08. The molecule has 0 spiro atoms. The molecular formula is C14H29N5OS. The van der Waals surface area contributed by atoms with Crippen LogP contribution in [0, 0.1) is 5.92 Å². The van der Waals surface area contributed by atoms with Crippen molar-refractivity contribution in [2.45, 2.75) is 23.2 Å². The fourth-order valence-corrected chi connectivity index (χ4v) is 5.14. The molecular weight excluding hydrogens is 286 g/mol. The number of rotatable bonds is 4. The lowest BCUT2D eigenvalue weighted by atomic mass is 9.98. The zero-order valence-electron chi connectivity index (χ0n) is 12.7. The summed E-state index contributed by atoms with van der Waals surface area (Å²) in [5, 5.41) is 4.22. The summed E-state index contributed by atoms with van der Waals surface area (Å²) in [4.78, 5) is 4.91. The Morgan fingerprint density at radius 3 is 2.62 bits per heavy atom. The average Bonchev–Trinajstić information content (AvgIpc) is 2.89. The Balaban J connectivity index is 1.50. The van der Waals surface area contributed by atoms with Crippen molar-refractivity contribution in [3.8, 4) is 0 Å². The summed E-state index contributed by atoms with van der Waals surface area (Å²) in [6, 6.07) is 0. The number of nitrogens with two attached hydrogens (primary N) is 2. The Labute approximate surface area is 131 Å². The zero-order chi connectivity index (χ0) is 14.7. The van der Waals surface area contributed by atoms with Crippen molar-refractivity contribution in [2.75, 3.05) is 59.0 Å². The van der Waals surface area contributed by atoms with E-state index in [0.29, 0.717) is 11.2 Å². The summed E-state index contributed by atoms with van der Waals surface area (Å²) in [6.07, 6.45) is 1.23. The topological polar surface area (TPSA) is 79.8 Å². The summed E-state index contributed by atoms with van der Waals surface area (Å²) in [6.45, 7) is 9.18. The van der Waals surface area contributed by atoms with Gasteiger partial charge in [-0.3, -0.25) is 9.80 Å². The van der Waals surface area contributed by atoms with Crippen LogP contribution in [-0.2, 0) is 4.74 Å². The lowest BCUT2D eigenvalue weighted by molar-refractivity contribution is 0.00367. The highest BCUT2D eigenvalue weighted by molar-refractivity contribution is 8.00. The van der Waals surface area contributed by atoms with Crippen LogP contribution in [0.2, 0.25) is 0 Å². The maximum absolute atomic E-state index is 6.49. The van der Waals surface area contributed by atoms with Crippen molar-refractivity contribution in [1.82, 2.24) is 15.1 Å². The molecule has 122 valence electrons. The molecule has 3 fully saturated rings. The lowest BCUT2D eigenvalue weighted by Gasteiger charge is -2.36. The Kier molecular flexibility index (Phi) is 5.78. The number of hydrogen-bond donors (Lipinski definition) is 3. The fourth-order valence-electron chi connectivity index (χ4n) is 3.60. The maximum Gasteiger partial charge on any atom is 0.0626 e. The van der Waals surface area contributed by atoms with Crippen LogP contribution in [0.1, 0.15) is 6.42 Å². The van der Waals surface area contributed by atoms with Crippen molar-refractivity contribution in [1.29, 1.82) is 0 Å². The Bertz CT molecular complexity index is 322. The molecule has 0 radical (unpaired) electrons. The zero-order valence-corrected chi connectivity index (χ0v) is 13.6. The summed E-state index contributed by atoms with van der Waals surface area (Å²) < 4.78 is 5.41. The molecule has 7 heteroatoms. The highest BCUT2D eigenvalue weighted by Crippen LogP contribution is 2.38. The number of ether oxygens (including phenoxy) is 1. The number of nitrogens with zero attached hydrogens (tertiary/aromatic N) is 2. The Morgan fingerprint density at radius 1 is 1.19 bits per heavy atom. The number of nitrogens with one attached hydrogen (secondary N) is 1. The second-order valence-electron chi connectivity index (χ2n) is 6.31. The van der Waals surface area contributed by atoms with Crippen molar-refractivity contribution in [3.63, 3.8) is 0 Å². The highest BCUT2D eigenvalue weighted by Gasteiger charge is 2.39. The molecule has 0 amide bonds. The minimum absolute atomic E-state index is 0.0874. The van der Waals surface area contributed by atoms with Gasteiger partial charge in [0, 0.05) is 57.0 Å². The van der Waals surface area contributed by atoms with Crippen LogP contribution in [0.5, 0.6) is 0 Å². The van der Waals surface area contributed by atoms with Gasteiger partial charge in [-0.1, -0.05) is 0 Å². The number of morpholine rings is 1. The monoisotopic (exact) mass is 315 g/mol. The van der Waals surface area contributed by atoms with Crippen LogP contribution in [-0.4, -0.2) is 85.6 Å². The van der Waals surface area contributed by atoms with Crippen LogP contribution in [0.3, 0.4) is 0 Å². The van der Waals surface area contributed by atoms with Crippen LogP contribution in [0.25, 0.3) is 0 Å². The van der Waals surface area contributed by atoms with Crippen LogP contribution >= 0.6 is 11.8 Å². The molecule has 3 saturated heterocycles. The molecule has 3 aliphatic heterocycles. The minimum Gasteiger partial charge on any atom is -0.379 e. The van der Waals surface area contributed by atoms with Crippen molar-refractivity contribution in [2.24, 2.45) is 17.4 Å². The van der Waals surface area contributed by atoms with Crippen molar-refractivity contribution < 1.29 is 4.74 Å². The molecule has 0 saturated carbocycles. The third kappa shape index (κ3) is 4.10. The van der Waals surface area contributed by atoms with Gasteiger partial charge in [0.1, 0.15) is 0 Å². The van der Waals surface area contributed by atoms with Crippen molar-refractivity contribution in [3.05, 3.63) is 0 Å². The second-order valence-corrected chi connectivity index (χ2v) is 7.79. The summed E-state index contributed by atoms with van der Waals surface area (Å²) in [5.74, 6) is 0.404. The maximum atomic E-state index is 6.49. The molecule has 4 unspecified atom stereocenters. The second kappa shape index (κ2) is 7.59. The molecule has 3 rings (SSSR count). The highest BCUT2D eigenvalue weighted by atomic mass is 32.2. The number of hydrogen-bond acceptors (Lipinski definition) is 7. The quantitative estimate of drug-likeness (QED) is 0.609. The van der Waals surface area contributed by atoms with Gasteiger partial charge in [-0.25, -0.2) is 0 Å². The summed E-state index contributed by atoms with van der Waals surface area (Å²) in [7, 11) is 0. The molecule has 0 aliphatic carbocycles.